The number of fused-ring (bicyclic) bond motifs is 1. The number of carbonyl (C=O) groups excluding carboxylic acids is 2. The lowest BCUT2D eigenvalue weighted by Gasteiger charge is -2.31. The first-order chi connectivity index (χ1) is 23.1. The zero-order valence-electron chi connectivity index (χ0n) is 26.9. The predicted molar refractivity (Wildman–Crippen MR) is 168 cm³/mol. The minimum Gasteiger partial charge on any atom is -0.464 e. The Balaban J connectivity index is 1.47. The fourth-order valence-corrected chi connectivity index (χ4v) is 6.66. The topological polar surface area (TPSA) is 208 Å². The monoisotopic (exact) mass is 686 g/mol. The molecular formula is C31H39N6O10P. The Morgan fingerprint density at radius 2 is 2.00 bits per heavy atom. The van der Waals surface area contributed by atoms with Gasteiger partial charge in [-0.25, -0.2) is 14.1 Å². The maximum absolute atomic E-state index is 14.4. The number of ether oxygens (including phenoxy) is 5. The molecule has 16 nitrogen and oxygen atoms in total. The number of esters is 2. The molecule has 1 aromatic carbocycles. The van der Waals surface area contributed by atoms with Crippen molar-refractivity contribution < 1.29 is 46.9 Å². The molecule has 2 aromatic heterocycles. The summed E-state index contributed by atoms with van der Waals surface area (Å²) >= 11 is 0. The molecule has 2 fully saturated rings. The highest BCUT2D eigenvalue weighted by Gasteiger charge is 2.61. The third-order valence-corrected chi connectivity index (χ3v) is 9.36. The van der Waals surface area contributed by atoms with Gasteiger partial charge in [0.1, 0.15) is 48.5 Å². The molecule has 0 unspecified atom stereocenters. The molecule has 0 saturated carbocycles. The van der Waals surface area contributed by atoms with Gasteiger partial charge >= 0.3 is 19.7 Å². The minimum atomic E-state index is -4.46. The first kappa shape index (κ1) is 35.2. The van der Waals surface area contributed by atoms with E-state index in [1.807, 2.05) is 6.92 Å². The average molecular weight is 687 g/mol. The highest BCUT2D eigenvalue weighted by atomic mass is 31.2. The zero-order chi connectivity index (χ0) is 34.3. The number of nitrogens with one attached hydrogen (secondary N) is 1. The lowest BCUT2D eigenvalue weighted by molar-refractivity contribution is -0.162. The molecule has 6 atom stereocenters. The fourth-order valence-electron chi connectivity index (χ4n) is 5.14. The van der Waals surface area contributed by atoms with Gasteiger partial charge < -0.3 is 33.9 Å². The smallest absolute Gasteiger partial charge is 0.459 e. The van der Waals surface area contributed by atoms with Crippen LogP contribution in [0.3, 0.4) is 0 Å². The van der Waals surface area contributed by atoms with Crippen molar-refractivity contribution in [3.8, 4) is 11.8 Å². The largest absolute Gasteiger partial charge is 0.464 e. The molecule has 3 N–H and O–H groups in total. The van der Waals surface area contributed by atoms with E-state index in [1.165, 1.54) is 17.8 Å². The van der Waals surface area contributed by atoms with Crippen LogP contribution >= 0.6 is 7.75 Å². The third kappa shape index (κ3) is 7.78. The Hall–Kier alpha value is -4.10. The van der Waals surface area contributed by atoms with Crippen LogP contribution in [0.4, 0.5) is 5.82 Å². The van der Waals surface area contributed by atoms with E-state index in [-0.39, 0.29) is 37.1 Å². The molecule has 5 rings (SSSR count). The number of para-hydroxylation sites is 1. The molecule has 17 heteroatoms. The summed E-state index contributed by atoms with van der Waals surface area (Å²) in [5.41, 5.74) is 4.91. The minimum absolute atomic E-state index is 0.00831. The molecule has 2 aliphatic rings. The molecule has 2 aliphatic heterocycles. The number of benzene rings is 1. The van der Waals surface area contributed by atoms with Crippen molar-refractivity contribution in [1.82, 2.24) is 19.7 Å². The molecule has 0 bridgehead atoms. The van der Waals surface area contributed by atoms with E-state index < -0.39 is 56.2 Å². The van der Waals surface area contributed by atoms with E-state index in [2.05, 4.69) is 21.2 Å². The van der Waals surface area contributed by atoms with Crippen molar-refractivity contribution in [3.63, 3.8) is 0 Å². The second-order valence-corrected chi connectivity index (χ2v) is 13.1. The lowest BCUT2D eigenvalue weighted by atomic mass is 9.95. The number of nitrogens with zero attached hydrogens (tertiary/aromatic N) is 4. The van der Waals surface area contributed by atoms with E-state index >= 15 is 0 Å². The van der Waals surface area contributed by atoms with E-state index in [9.17, 15) is 19.4 Å². The first-order valence-corrected chi connectivity index (χ1v) is 17.2. The molecule has 4 heterocycles. The molecule has 0 aliphatic carbocycles. The lowest BCUT2D eigenvalue weighted by Crippen LogP contribution is -2.49. The van der Waals surface area contributed by atoms with Gasteiger partial charge in [0.05, 0.1) is 25.5 Å². The third-order valence-electron chi connectivity index (χ3n) is 7.74. The Labute approximate surface area is 277 Å². The summed E-state index contributed by atoms with van der Waals surface area (Å²) in [5, 5.41) is 17.6. The van der Waals surface area contributed by atoms with Crippen LogP contribution in [0.2, 0.25) is 0 Å². The Bertz CT molecular complexity index is 1660. The number of hydrogen-bond acceptors (Lipinski definition) is 14. The molecule has 2 saturated heterocycles. The van der Waals surface area contributed by atoms with Crippen LogP contribution in [0.15, 0.2) is 48.8 Å². The summed E-state index contributed by atoms with van der Waals surface area (Å²) < 4.78 is 56.5. The number of carbonyl (C=O) groups is 2. The second kappa shape index (κ2) is 15.4. The number of nitrogens with two attached hydrogens (primary N) is 1. The van der Waals surface area contributed by atoms with Gasteiger partial charge in [0.25, 0.3) is 0 Å². The number of rotatable bonds is 16. The summed E-state index contributed by atoms with van der Waals surface area (Å²) in [6.45, 7) is 5.55. The fraction of sp³-hybridized carbons (Fsp3) is 0.516. The molecule has 0 radical (unpaired) electrons. The van der Waals surface area contributed by atoms with Crippen molar-refractivity contribution in [3.05, 3.63) is 54.5 Å². The normalized spacial score (nSPS) is 24.2. The van der Waals surface area contributed by atoms with E-state index in [0.717, 1.165) is 0 Å². The zero-order valence-corrected chi connectivity index (χ0v) is 27.7. The van der Waals surface area contributed by atoms with Crippen LogP contribution in [0.25, 0.3) is 5.52 Å². The average Bonchev–Trinajstić information content (AvgIpc) is 3.62. The number of aromatic nitrogens is 3. The van der Waals surface area contributed by atoms with Crippen LogP contribution in [0, 0.1) is 17.2 Å². The second-order valence-electron chi connectivity index (χ2n) is 11.4. The molecule has 48 heavy (non-hydrogen) atoms. The Morgan fingerprint density at radius 1 is 1.23 bits per heavy atom. The van der Waals surface area contributed by atoms with Gasteiger partial charge in [0.2, 0.25) is 5.60 Å². The van der Waals surface area contributed by atoms with Crippen molar-refractivity contribution >= 4 is 31.0 Å². The Kier molecular flexibility index (Phi) is 11.3. The van der Waals surface area contributed by atoms with Crippen LogP contribution in [-0.2, 0) is 42.4 Å². The number of anilines is 1. The predicted octanol–water partition coefficient (Wildman–Crippen LogP) is 3.13. The summed E-state index contributed by atoms with van der Waals surface area (Å²) in [5.74, 6) is -0.872. The van der Waals surface area contributed by atoms with E-state index in [1.54, 1.807) is 49.4 Å². The molecule has 0 amide bonds. The summed E-state index contributed by atoms with van der Waals surface area (Å²) in [4.78, 5) is 29.6. The van der Waals surface area contributed by atoms with Gasteiger partial charge in [-0.15, -0.1) is 0 Å². The summed E-state index contributed by atoms with van der Waals surface area (Å²) in [6, 6.07) is 12.5. The van der Waals surface area contributed by atoms with Crippen molar-refractivity contribution in [1.29, 1.82) is 5.26 Å². The van der Waals surface area contributed by atoms with Gasteiger partial charge in [0.15, 0.2) is 11.9 Å². The highest BCUT2D eigenvalue weighted by Crippen LogP contribution is 2.50. The number of hydrogen-bond donors (Lipinski definition) is 2. The van der Waals surface area contributed by atoms with Crippen LogP contribution in [0.1, 0.15) is 45.4 Å². The molecule has 3 aromatic rings. The van der Waals surface area contributed by atoms with Crippen LogP contribution < -0.4 is 15.3 Å². The first-order valence-electron chi connectivity index (χ1n) is 15.6. The maximum Gasteiger partial charge on any atom is 0.459 e. The van der Waals surface area contributed by atoms with Crippen molar-refractivity contribution in [2.24, 2.45) is 5.92 Å². The highest BCUT2D eigenvalue weighted by molar-refractivity contribution is 7.52. The van der Waals surface area contributed by atoms with Crippen molar-refractivity contribution in [2.45, 2.75) is 63.6 Å². The van der Waals surface area contributed by atoms with Gasteiger partial charge in [-0.3, -0.25) is 14.1 Å². The maximum atomic E-state index is 14.4. The molecule has 258 valence electrons. The van der Waals surface area contributed by atoms with E-state index in [4.69, 9.17) is 38.5 Å². The van der Waals surface area contributed by atoms with Crippen LogP contribution in [-0.4, -0.2) is 83.4 Å². The summed E-state index contributed by atoms with van der Waals surface area (Å²) in [6.07, 6.45) is -1.54. The summed E-state index contributed by atoms with van der Waals surface area (Å²) in [7, 11) is -4.46. The van der Waals surface area contributed by atoms with Crippen LogP contribution in [0.5, 0.6) is 5.75 Å². The standard InChI is InChI=1S/C31H39N6O10P/c1-4-13-42-27-26(23-11-12-24-29(33)34-19-35-37(23)24)46-31(17-32,28(27)45-25(38)5-2)18-44-48(40,47-22-9-7-6-8-10-22)36-20(3)30(39)43-16-21-14-41-15-21/h6-12,19-21,26-28H,4-5,13-16,18H2,1-3H3,(H,36,40)(H2,33,34,35)/t20-,26-,27-,28-,31+,48+/m0/s1. The Morgan fingerprint density at radius 3 is 2.67 bits per heavy atom. The SMILES string of the molecule is CCCO[C@H]1[C@H](c2ccc3c(N)ncnn23)O[C@](C#N)(CO[P@](=O)(N[C@@H](C)C(=O)OCC2COC2)Oc2ccccc2)[C@H]1OC(=O)CC. The van der Waals surface area contributed by atoms with Gasteiger partial charge in [-0.1, -0.05) is 32.0 Å². The van der Waals surface area contributed by atoms with Gasteiger partial charge in [0, 0.05) is 18.9 Å². The quantitative estimate of drug-likeness (QED) is 0.164. The molecular weight excluding hydrogens is 647 g/mol. The molecule has 0 spiro atoms. The van der Waals surface area contributed by atoms with Gasteiger partial charge in [-0.2, -0.15) is 15.4 Å². The van der Waals surface area contributed by atoms with Crippen molar-refractivity contribution in [2.75, 3.05) is 38.8 Å². The number of nitrogen functional groups attached to an aromatic ring is 1. The van der Waals surface area contributed by atoms with Gasteiger partial charge in [-0.05, 0) is 37.6 Å². The van der Waals surface area contributed by atoms with E-state index in [0.29, 0.717) is 30.8 Å². The number of nitriles is 1.